The molecule has 146 valence electrons. The molecule has 0 spiro atoms. The van der Waals surface area contributed by atoms with Crippen molar-refractivity contribution in [2.45, 2.75) is 19.3 Å². The van der Waals surface area contributed by atoms with Crippen LogP contribution in [0.2, 0.25) is 0 Å². The Morgan fingerprint density at radius 3 is 2.41 bits per heavy atom. The van der Waals surface area contributed by atoms with Crippen LogP contribution in [0.3, 0.4) is 0 Å². The number of nitrogens with one attached hydrogen (secondary N) is 1. The van der Waals surface area contributed by atoms with Crippen LogP contribution < -0.4 is 5.32 Å². The summed E-state index contributed by atoms with van der Waals surface area (Å²) in [4.78, 5) is 41.9. The van der Waals surface area contributed by atoms with Crippen molar-refractivity contribution in [3.8, 4) is 0 Å². The van der Waals surface area contributed by atoms with Gasteiger partial charge in [0.05, 0.1) is 6.54 Å². The molecule has 1 aromatic carbocycles. The molecule has 2 aliphatic rings. The summed E-state index contributed by atoms with van der Waals surface area (Å²) >= 11 is 0. The molecular weight excluding hydrogens is 344 g/mol. The van der Waals surface area contributed by atoms with Gasteiger partial charge in [-0.3, -0.25) is 19.3 Å². The first kappa shape index (κ1) is 19.4. The third-order valence-corrected chi connectivity index (χ3v) is 5.15. The van der Waals surface area contributed by atoms with E-state index in [0.29, 0.717) is 51.3 Å². The lowest BCUT2D eigenvalue weighted by atomic mass is 10.2. The molecule has 0 radical (unpaired) electrons. The van der Waals surface area contributed by atoms with Gasteiger partial charge in [0, 0.05) is 57.8 Å². The summed E-state index contributed by atoms with van der Waals surface area (Å²) in [6, 6.07) is 9.30. The molecule has 3 amide bonds. The molecule has 7 nitrogen and oxygen atoms in total. The third kappa shape index (κ3) is 5.53. The zero-order valence-corrected chi connectivity index (χ0v) is 15.7. The Kier molecular flexibility index (Phi) is 6.81. The van der Waals surface area contributed by atoms with E-state index in [0.717, 1.165) is 25.9 Å². The standard InChI is InChI=1S/C20H28N4O3/c25-18(21-9-5-11-23-10-4-8-19(23)26)16-22-12-14-24(15-13-22)20(27)17-6-2-1-3-7-17/h1-3,6-7H,4-5,8-16H2,(H,21,25). The summed E-state index contributed by atoms with van der Waals surface area (Å²) < 4.78 is 0. The number of carbonyl (C=O) groups excluding carboxylic acids is 3. The van der Waals surface area contributed by atoms with Crippen molar-refractivity contribution < 1.29 is 14.4 Å². The van der Waals surface area contributed by atoms with Crippen molar-refractivity contribution in [1.29, 1.82) is 0 Å². The van der Waals surface area contributed by atoms with Gasteiger partial charge in [0.25, 0.3) is 5.91 Å². The Morgan fingerprint density at radius 2 is 1.74 bits per heavy atom. The molecule has 2 aliphatic heterocycles. The Labute approximate surface area is 160 Å². The fourth-order valence-corrected chi connectivity index (χ4v) is 3.57. The van der Waals surface area contributed by atoms with Crippen molar-refractivity contribution >= 4 is 17.7 Å². The molecule has 3 rings (SSSR count). The molecule has 2 heterocycles. The van der Waals surface area contributed by atoms with Crippen molar-refractivity contribution in [1.82, 2.24) is 20.0 Å². The van der Waals surface area contributed by atoms with Gasteiger partial charge in [-0.25, -0.2) is 0 Å². The highest BCUT2D eigenvalue weighted by Gasteiger charge is 2.23. The predicted octanol–water partition coefficient (Wildman–Crippen LogP) is 0.573. The largest absolute Gasteiger partial charge is 0.355 e. The summed E-state index contributed by atoms with van der Waals surface area (Å²) in [5.74, 6) is 0.283. The maximum atomic E-state index is 12.4. The van der Waals surface area contributed by atoms with Crippen LogP contribution in [0.1, 0.15) is 29.6 Å². The number of nitrogens with zero attached hydrogens (tertiary/aromatic N) is 3. The van der Waals surface area contributed by atoms with Gasteiger partial charge < -0.3 is 15.1 Å². The highest BCUT2D eigenvalue weighted by atomic mass is 16.2. The van der Waals surface area contributed by atoms with Gasteiger partial charge in [0.2, 0.25) is 11.8 Å². The molecule has 0 aliphatic carbocycles. The van der Waals surface area contributed by atoms with Crippen LogP contribution in [0.4, 0.5) is 0 Å². The number of piperazine rings is 1. The molecule has 27 heavy (non-hydrogen) atoms. The lowest BCUT2D eigenvalue weighted by Gasteiger charge is -2.34. The summed E-state index contributed by atoms with van der Waals surface area (Å²) in [5.41, 5.74) is 0.708. The van der Waals surface area contributed by atoms with Gasteiger partial charge >= 0.3 is 0 Å². The molecule has 0 unspecified atom stereocenters. The number of carbonyl (C=O) groups is 3. The van der Waals surface area contributed by atoms with Crippen LogP contribution in [0, 0.1) is 0 Å². The van der Waals surface area contributed by atoms with E-state index in [2.05, 4.69) is 10.2 Å². The second kappa shape index (κ2) is 9.50. The van der Waals surface area contributed by atoms with E-state index >= 15 is 0 Å². The number of amides is 3. The van der Waals surface area contributed by atoms with E-state index in [1.807, 2.05) is 40.1 Å². The first-order chi connectivity index (χ1) is 13.1. The summed E-state index contributed by atoms with van der Waals surface area (Å²) in [7, 11) is 0. The Balaban J connectivity index is 1.31. The minimum atomic E-state index is 0.00517. The van der Waals surface area contributed by atoms with E-state index in [1.54, 1.807) is 0 Å². The van der Waals surface area contributed by atoms with Gasteiger partial charge in [-0.1, -0.05) is 18.2 Å². The van der Waals surface area contributed by atoms with Crippen LogP contribution in [0.25, 0.3) is 0 Å². The Bertz CT molecular complexity index is 656. The second-order valence-electron chi connectivity index (χ2n) is 7.12. The van der Waals surface area contributed by atoms with Crippen molar-refractivity contribution in [2.24, 2.45) is 0 Å². The monoisotopic (exact) mass is 372 g/mol. The third-order valence-electron chi connectivity index (χ3n) is 5.15. The second-order valence-corrected chi connectivity index (χ2v) is 7.12. The molecular formula is C20H28N4O3. The van der Waals surface area contributed by atoms with Crippen molar-refractivity contribution in [3.63, 3.8) is 0 Å². The summed E-state index contributed by atoms with van der Waals surface area (Å²) in [5, 5.41) is 2.93. The highest BCUT2D eigenvalue weighted by Crippen LogP contribution is 2.10. The van der Waals surface area contributed by atoms with Crippen LogP contribution in [-0.4, -0.2) is 84.8 Å². The van der Waals surface area contributed by atoms with E-state index in [9.17, 15) is 14.4 Å². The lowest BCUT2D eigenvalue weighted by molar-refractivity contribution is -0.127. The smallest absolute Gasteiger partial charge is 0.253 e. The number of hydrogen-bond acceptors (Lipinski definition) is 4. The van der Waals surface area contributed by atoms with Crippen molar-refractivity contribution in [3.05, 3.63) is 35.9 Å². The summed E-state index contributed by atoms with van der Waals surface area (Å²) in [6.07, 6.45) is 2.39. The SMILES string of the molecule is O=C(CN1CCN(C(=O)c2ccccc2)CC1)NCCCN1CCCC1=O. The molecule has 0 atom stereocenters. The minimum Gasteiger partial charge on any atom is -0.355 e. The van der Waals surface area contributed by atoms with Gasteiger partial charge in [-0.2, -0.15) is 0 Å². The molecule has 0 saturated carbocycles. The topological polar surface area (TPSA) is 73.0 Å². The van der Waals surface area contributed by atoms with Gasteiger partial charge in [-0.05, 0) is 25.0 Å². The normalized spacial score (nSPS) is 18.0. The number of likely N-dealkylation sites (tertiary alicyclic amines) is 1. The maximum absolute atomic E-state index is 12.4. The fourth-order valence-electron chi connectivity index (χ4n) is 3.57. The first-order valence-corrected chi connectivity index (χ1v) is 9.74. The molecule has 0 aromatic heterocycles. The minimum absolute atomic E-state index is 0.00517. The quantitative estimate of drug-likeness (QED) is 0.711. The number of benzene rings is 1. The fraction of sp³-hybridized carbons (Fsp3) is 0.550. The molecule has 2 fully saturated rings. The van der Waals surface area contributed by atoms with E-state index in [-0.39, 0.29) is 17.7 Å². The first-order valence-electron chi connectivity index (χ1n) is 9.74. The maximum Gasteiger partial charge on any atom is 0.253 e. The number of hydrogen-bond donors (Lipinski definition) is 1. The zero-order chi connectivity index (χ0) is 19.1. The zero-order valence-electron chi connectivity index (χ0n) is 15.7. The van der Waals surface area contributed by atoms with Crippen LogP contribution >= 0.6 is 0 Å². The lowest BCUT2D eigenvalue weighted by Crippen LogP contribution is -2.51. The molecule has 1 aromatic rings. The molecule has 7 heteroatoms. The Hall–Kier alpha value is -2.41. The average Bonchev–Trinajstić information content (AvgIpc) is 3.11. The van der Waals surface area contributed by atoms with E-state index < -0.39 is 0 Å². The predicted molar refractivity (Wildman–Crippen MR) is 102 cm³/mol. The van der Waals surface area contributed by atoms with Gasteiger partial charge in [0.15, 0.2) is 0 Å². The molecule has 2 saturated heterocycles. The highest BCUT2D eigenvalue weighted by molar-refractivity contribution is 5.94. The average molecular weight is 372 g/mol. The molecule has 1 N–H and O–H groups in total. The van der Waals surface area contributed by atoms with Crippen LogP contribution in [0.15, 0.2) is 30.3 Å². The molecule has 0 bridgehead atoms. The van der Waals surface area contributed by atoms with Gasteiger partial charge in [-0.15, -0.1) is 0 Å². The van der Waals surface area contributed by atoms with Gasteiger partial charge in [0.1, 0.15) is 0 Å². The van der Waals surface area contributed by atoms with Crippen LogP contribution in [-0.2, 0) is 9.59 Å². The van der Waals surface area contributed by atoms with Crippen LogP contribution in [0.5, 0.6) is 0 Å². The van der Waals surface area contributed by atoms with E-state index in [4.69, 9.17) is 0 Å². The summed E-state index contributed by atoms with van der Waals surface area (Å²) in [6.45, 7) is 5.20. The van der Waals surface area contributed by atoms with E-state index in [1.165, 1.54) is 0 Å². The number of rotatable bonds is 7. The van der Waals surface area contributed by atoms with Crippen molar-refractivity contribution in [2.75, 3.05) is 52.4 Å². The Morgan fingerprint density at radius 1 is 1.00 bits per heavy atom.